The second kappa shape index (κ2) is 3.08. The zero-order chi connectivity index (χ0) is 11.1. The molecule has 3 nitrogen and oxygen atoms in total. The van der Waals surface area contributed by atoms with Crippen LogP contribution in [0.1, 0.15) is 15.9 Å². The lowest BCUT2D eigenvalue weighted by atomic mass is 10.2. The van der Waals surface area contributed by atoms with E-state index in [2.05, 4.69) is 9.97 Å². The number of aldehydes is 1. The van der Waals surface area contributed by atoms with Gasteiger partial charge in [-0.1, -0.05) is 0 Å². The normalized spacial score (nSPS) is 11.9. The molecule has 15 heavy (non-hydrogen) atoms. The molecule has 0 fully saturated rings. The third-order valence-corrected chi connectivity index (χ3v) is 2.02. The molecule has 2 aromatic heterocycles. The molecule has 0 aliphatic carbocycles. The minimum Gasteiger partial charge on any atom is -0.345 e. The molecule has 0 bridgehead atoms. The third kappa shape index (κ3) is 1.58. The smallest absolute Gasteiger partial charge is 0.345 e. The number of hydrogen-bond donors (Lipinski definition) is 1. The molecule has 78 valence electrons. The van der Waals surface area contributed by atoms with Crippen molar-refractivity contribution in [3.8, 4) is 0 Å². The summed E-state index contributed by atoms with van der Waals surface area (Å²) >= 11 is 0. The summed E-state index contributed by atoms with van der Waals surface area (Å²) in [5.74, 6) is 0. The zero-order valence-electron chi connectivity index (χ0n) is 7.30. The highest BCUT2D eigenvalue weighted by atomic mass is 19.4. The Kier molecular flexibility index (Phi) is 1.99. The highest BCUT2D eigenvalue weighted by molar-refractivity contribution is 5.95. The standard InChI is InChI=1S/C9H5F3N2O/c10-9(11,12)6-1-7-5(4-15)2-13-8(7)14-3-6/h1-4H,(H,13,14). The minimum atomic E-state index is -4.45. The number of aromatic amines is 1. The predicted molar refractivity (Wildman–Crippen MR) is 46.5 cm³/mol. The highest BCUT2D eigenvalue weighted by Gasteiger charge is 2.31. The molecule has 0 saturated carbocycles. The topological polar surface area (TPSA) is 45.8 Å². The van der Waals surface area contributed by atoms with Crippen LogP contribution in [0, 0.1) is 0 Å². The van der Waals surface area contributed by atoms with Crippen molar-refractivity contribution in [3.05, 3.63) is 29.6 Å². The molecule has 1 N–H and O–H groups in total. The van der Waals surface area contributed by atoms with Gasteiger partial charge in [0.25, 0.3) is 0 Å². The molecule has 0 aliphatic rings. The van der Waals surface area contributed by atoms with Gasteiger partial charge < -0.3 is 4.98 Å². The second-order valence-corrected chi connectivity index (χ2v) is 2.98. The molecule has 2 heterocycles. The van der Waals surface area contributed by atoms with E-state index in [9.17, 15) is 18.0 Å². The van der Waals surface area contributed by atoms with Crippen LogP contribution >= 0.6 is 0 Å². The molecule has 0 saturated heterocycles. The average molecular weight is 214 g/mol. The maximum Gasteiger partial charge on any atom is 0.417 e. The van der Waals surface area contributed by atoms with Crippen LogP contribution in [0.2, 0.25) is 0 Å². The molecule has 0 aliphatic heterocycles. The fourth-order valence-corrected chi connectivity index (χ4v) is 1.28. The number of fused-ring (bicyclic) bond motifs is 1. The zero-order valence-corrected chi connectivity index (χ0v) is 7.30. The highest BCUT2D eigenvalue weighted by Crippen LogP contribution is 2.30. The summed E-state index contributed by atoms with van der Waals surface area (Å²) in [6, 6.07) is 0.905. The number of carbonyl (C=O) groups is 1. The molecule has 0 atom stereocenters. The molecule has 6 heteroatoms. The summed E-state index contributed by atoms with van der Waals surface area (Å²) in [5, 5.41) is 0.180. The Morgan fingerprint density at radius 2 is 2.13 bits per heavy atom. The summed E-state index contributed by atoms with van der Waals surface area (Å²) in [4.78, 5) is 16.7. The van der Waals surface area contributed by atoms with Gasteiger partial charge in [0.15, 0.2) is 6.29 Å². The summed E-state index contributed by atoms with van der Waals surface area (Å²) in [7, 11) is 0. The Labute approximate surface area is 81.9 Å². The van der Waals surface area contributed by atoms with E-state index < -0.39 is 11.7 Å². The number of carbonyl (C=O) groups excluding carboxylic acids is 1. The molecule has 0 radical (unpaired) electrons. The summed E-state index contributed by atoms with van der Waals surface area (Å²) in [6.07, 6.45) is -1.91. The van der Waals surface area contributed by atoms with Gasteiger partial charge in [-0.3, -0.25) is 4.79 Å². The Morgan fingerprint density at radius 3 is 2.73 bits per heavy atom. The average Bonchev–Trinajstić information content (AvgIpc) is 2.57. The fraction of sp³-hybridized carbons (Fsp3) is 0.111. The minimum absolute atomic E-state index is 0.170. The van der Waals surface area contributed by atoms with Gasteiger partial charge in [0.2, 0.25) is 0 Å². The first kappa shape index (κ1) is 9.70. The molecule has 2 rings (SSSR count). The third-order valence-electron chi connectivity index (χ3n) is 2.02. The van der Waals surface area contributed by atoms with Crippen LogP contribution in [-0.2, 0) is 6.18 Å². The number of nitrogens with one attached hydrogen (secondary N) is 1. The number of halogens is 3. The van der Waals surface area contributed by atoms with Crippen LogP contribution in [0.15, 0.2) is 18.5 Å². The Morgan fingerprint density at radius 1 is 1.40 bits per heavy atom. The van der Waals surface area contributed by atoms with E-state index in [4.69, 9.17) is 0 Å². The van der Waals surface area contributed by atoms with E-state index in [-0.39, 0.29) is 16.6 Å². The van der Waals surface area contributed by atoms with Gasteiger partial charge >= 0.3 is 6.18 Å². The van der Waals surface area contributed by atoms with E-state index in [1.54, 1.807) is 0 Å². The Hall–Kier alpha value is -1.85. The Bertz CT molecular complexity index is 516. The number of pyridine rings is 1. The van der Waals surface area contributed by atoms with E-state index in [0.29, 0.717) is 6.29 Å². The van der Waals surface area contributed by atoms with Gasteiger partial charge in [-0.25, -0.2) is 4.98 Å². The van der Waals surface area contributed by atoms with Crippen molar-refractivity contribution in [1.29, 1.82) is 0 Å². The largest absolute Gasteiger partial charge is 0.417 e. The van der Waals surface area contributed by atoms with Crippen LogP contribution in [0.4, 0.5) is 13.2 Å². The van der Waals surface area contributed by atoms with Gasteiger partial charge in [0.05, 0.1) is 5.56 Å². The van der Waals surface area contributed by atoms with Gasteiger partial charge in [-0.2, -0.15) is 13.2 Å². The van der Waals surface area contributed by atoms with Crippen molar-refractivity contribution >= 4 is 17.3 Å². The summed E-state index contributed by atoms with van der Waals surface area (Å²) in [5.41, 5.74) is -0.425. The van der Waals surface area contributed by atoms with Gasteiger partial charge in [0, 0.05) is 23.3 Å². The lowest BCUT2D eigenvalue weighted by Crippen LogP contribution is -2.05. The first-order valence-corrected chi connectivity index (χ1v) is 4.02. The second-order valence-electron chi connectivity index (χ2n) is 2.98. The number of alkyl halides is 3. The number of hydrogen-bond acceptors (Lipinski definition) is 2. The lowest BCUT2D eigenvalue weighted by molar-refractivity contribution is -0.137. The molecule has 0 spiro atoms. The van der Waals surface area contributed by atoms with Crippen molar-refractivity contribution in [1.82, 2.24) is 9.97 Å². The number of rotatable bonds is 1. The van der Waals surface area contributed by atoms with Crippen LogP contribution in [0.5, 0.6) is 0 Å². The predicted octanol–water partition coefficient (Wildman–Crippen LogP) is 2.39. The molecular formula is C9H5F3N2O. The number of H-pyrrole nitrogens is 1. The van der Waals surface area contributed by atoms with Gasteiger partial charge in [-0.15, -0.1) is 0 Å². The Balaban J connectivity index is 2.68. The van der Waals surface area contributed by atoms with Crippen LogP contribution in [0.25, 0.3) is 11.0 Å². The molecule has 0 aromatic carbocycles. The number of aromatic nitrogens is 2. The quantitative estimate of drug-likeness (QED) is 0.741. The maximum absolute atomic E-state index is 12.3. The van der Waals surface area contributed by atoms with Crippen molar-refractivity contribution in [2.45, 2.75) is 6.18 Å². The summed E-state index contributed by atoms with van der Waals surface area (Å²) < 4.78 is 37.0. The maximum atomic E-state index is 12.3. The van der Waals surface area contributed by atoms with Crippen LogP contribution < -0.4 is 0 Å². The summed E-state index contributed by atoms with van der Waals surface area (Å²) in [6.45, 7) is 0. The lowest BCUT2D eigenvalue weighted by Gasteiger charge is -2.05. The van der Waals surface area contributed by atoms with Crippen molar-refractivity contribution in [2.75, 3.05) is 0 Å². The molecule has 2 aromatic rings. The van der Waals surface area contributed by atoms with E-state index in [0.717, 1.165) is 12.3 Å². The molecule has 0 unspecified atom stereocenters. The molecule has 0 amide bonds. The van der Waals surface area contributed by atoms with Crippen molar-refractivity contribution < 1.29 is 18.0 Å². The first-order valence-electron chi connectivity index (χ1n) is 4.02. The first-order chi connectivity index (χ1) is 7.02. The fourth-order valence-electron chi connectivity index (χ4n) is 1.28. The van der Waals surface area contributed by atoms with E-state index in [1.807, 2.05) is 0 Å². The van der Waals surface area contributed by atoms with Crippen molar-refractivity contribution in [3.63, 3.8) is 0 Å². The van der Waals surface area contributed by atoms with E-state index >= 15 is 0 Å². The van der Waals surface area contributed by atoms with Crippen LogP contribution in [-0.4, -0.2) is 16.3 Å². The van der Waals surface area contributed by atoms with Gasteiger partial charge in [-0.05, 0) is 6.07 Å². The number of nitrogens with zero attached hydrogens (tertiary/aromatic N) is 1. The SMILES string of the molecule is O=Cc1c[nH]c2ncc(C(F)(F)F)cc12. The van der Waals surface area contributed by atoms with E-state index in [1.165, 1.54) is 6.20 Å². The molecular weight excluding hydrogens is 209 g/mol. The van der Waals surface area contributed by atoms with Crippen LogP contribution in [0.3, 0.4) is 0 Å². The van der Waals surface area contributed by atoms with Gasteiger partial charge in [0.1, 0.15) is 5.65 Å². The van der Waals surface area contributed by atoms with Crippen molar-refractivity contribution in [2.24, 2.45) is 0 Å². The monoisotopic (exact) mass is 214 g/mol.